The normalized spacial score (nSPS) is 25.8. The van der Waals surface area contributed by atoms with Crippen LogP contribution >= 0.6 is 12.4 Å². The van der Waals surface area contributed by atoms with Gasteiger partial charge in [0.15, 0.2) is 0 Å². The lowest BCUT2D eigenvalue weighted by Crippen LogP contribution is -2.48. The predicted molar refractivity (Wildman–Crippen MR) is 67.6 cm³/mol. The van der Waals surface area contributed by atoms with Crippen LogP contribution in [-0.4, -0.2) is 29.9 Å². The minimum atomic E-state index is 0. The summed E-state index contributed by atoms with van der Waals surface area (Å²) in [6.07, 6.45) is 8.10. The Labute approximate surface area is 104 Å². The van der Waals surface area contributed by atoms with Crippen molar-refractivity contribution >= 4 is 18.3 Å². The number of rotatable bonds is 3. The summed E-state index contributed by atoms with van der Waals surface area (Å²) in [5.74, 6) is 1.03. The molecule has 1 saturated carbocycles. The van der Waals surface area contributed by atoms with E-state index in [0.717, 1.165) is 25.8 Å². The van der Waals surface area contributed by atoms with Gasteiger partial charge in [-0.1, -0.05) is 6.42 Å². The van der Waals surface area contributed by atoms with E-state index < -0.39 is 0 Å². The molecule has 1 saturated heterocycles. The summed E-state index contributed by atoms with van der Waals surface area (Å²) in [6, 6.07) is 0.325. The van der Waals surface area contributed by atoms with E-state index in [2.05, 4.69) is 0 Å². The fraction of sp³-hybridized carbons (Fsp3) is 0.917. The van der Waals surface area contributed by atoms with Gasteiger partial charge in [0, 0.05) is 25.6 Å². The zero-order valence-corrected chi connectivity index (χ0v) is 10.7. The van der Waals surface area contributed by atoms with Crippen molar-refractivity contribution < 1.29 is 4.79 Å². The number of piperidine rings is 1. The van der Waals surface area contributed by atoms with Crippen molar-refractivity contribution in [2.45, 2.75) is 51.0 Å². The summed E-state index contributed by atoms with van der Waals surface area (Å²) < 4.78 is 0. The molecular weight excluding hydrogens is 224 g/mol. The third-order valence-corrected chi connectivity index (χ3v) is 3.91. The van der Waals surface area contributed by atoms with Gasteiger partial charge in [-0.3, -0.25) is 4.79 Å². The lowest BCUT2D eigenvalue weighted by atomic mass is 9.82. The number of hydrogen-bond donors (Lipinski definition) is 1. The maximum absolute atomic E-state index is 12.0. The van der Waals surface area contributed by atoms with Gasteiger partial charge in [-0.05, 0) is 38.0 Å². The van der Waals surface area contributed by atoms with Gasteiger partial charge >= 0.3 is 0 Å². The van der Waals surface area contributed by atoms with Crippen LogP contribution in [0.5, 0.6) is 0 Å². The van der Waals surface area contributed by atoms with Crippen LogP contribution < -0.4 is 5.73 Å². The Hall–Kier alpha value is -0.280. The molecule has 1 aliphatic heterocycles. The largest absolute Gasteiger partial charge is 0.338 e. The zero-order chi connectivity index (χ0) is 10.7. The lowest BCUT2D eigenvalue weighted by Gasteiger charge is -2.37. The minimum absolute atomic E-state index is 0. The van der Waals surface area contributed by atoms with Gasteiger partial charge in [-0.25, -0.2) is 0 Å². The van der Waals surface area contributed by atoms with E-state index in [9.17, 15) is 4.79 Å². The molecule has 1 heterocycles. The molecule has 2 N–H and O–H groups in total. The standard InChI is InChI=1S/C12H22N2O.ClH/c13-9-11-6-1-2-7-14(11)12(15)8-10-4-3-5-10;/h10-11H,1-9,13H2;1H. The van der Waals surface area contributed by atoms with E-state index in [0.29, 0.717) is 24.4 Å². The van der Waals surface area contributed by atoms with Crippen LogP contribution in [0.4, 0.5) is 0 Å². The molecular formula is C12H23ClN2O. The molecule has 4 heteroatoms. The van der Waals surface area contributed by atoms with Crippen molar-refractivity contribution in [1.82, 2.24) is 4.90 Å². The Morgan fingerprint density at radius 1 is 1.19 bits per heavy atom. The van der Waals surface area contributed by atoms with Gasteiger partial charge in [0.2, 0.25) is 5.91 Å². The number of hydrogen-bond acceptors (Lipinski definition) is 2. The molecule has 0 bridgehead atoms. The summed E-state index contributed by atoms with van der Waals surface area (Å²) in [7, 11) is 0. The Kier molecular flexibility index (Phi) is 5.56. The average Bonchev–Trinajstić information content (AvgIpc) is 2.23. The highest BCUT2D eigenvalue weighted by Crippen LogP contribution is 2.30. The number of amides is 1. The van der Waals surface area contributed by atoms with E-state index in [1.165, 1.54) is 25.7 Å². The summed E-state index contributed by atoms with van der Waals surface area (Å²) in [5, 5.41) is 0. The van der Waals surface area contributed by atoms with E-state index in [4.69, 9.17) is 5.73 Å². The molecule has 1 unspecified atom stereocenters. The highest BCUT2D eigenvalue weighted by Gasteiger charge is 2.28. The van der Waals surface area contributed by atoms with Crippen molar-refractivity contribution in [3.63, 3.8) is 0 Å². The highest BCUT2D eigenvalue weighted by molar-refractivity contribution is 5.85. The lowest BCUT2D eigenvalue weighted by molar-refractivity contribution is -0.136. The number of nitrogens with zero attached hydrogens (tertiary/aromatic N) is 1. The first-order chi connectivity index (χ1) is 7.31. The Balaban J connectivity index is 0.00000128. The second-order valence-electron chi connectivity index (χ2n) is 4.97. The number of nitrogens with two attached hydrogens (primary N) is 1. The van der Waals surface area contributed by atoms with Gasteiger partial charge in [0.05, 0.1) is 0 Å². The Morgan fingerprint density at radius 2 is 1.94 bits per heavy atom. The van der Waals surface area contributed by atoms with E-state index >= 15 is 0 Å². The summed E-state index contributed by atoms with van der Waals surface area (Å²) in [4.78, 5) is 14.1. The number of halogens is 1. The molecule has 2 aliphatic rings. The first kappa shape index (κ1) is 13.8. The monoisotopic (exact) mass is 246 g/mol. The molecule has 3 nitrogen and oxygen atoms in total. The molecule has 0 radical (unpaired) electrons. The molecule has 0 aromatic heterocycles. The number of likely N-dealkylation sites (tertiary alicyclic amines) is 1. The molecule has 1 aliphatic carbocycles. The van der Waals surface area contributed by atoms with Crippen LogP contribution in [0.25, 0.3) is 0 Å². The predicted octanol–water partition coefficient (Wildman–Crippen LogP) is 1.94. The van der Waals surface area contributed by atoms with Crippen LogP contribution in [0.2, 0.25) is 0 Å². The van der Waals surface area contributed by atoms with Crippen molar-refractivity contribution in [3.05, 3.63) is 0 Å². The molecule has 1 amide bonds. The van der Waals surface area contributed by atoms with Gasteiger partial charge in [-0.15, -0.1) is 12.4 Å². The van der Waals surface area contributed by atoms with Crippen LogP contribution in [0.1, 0.15) is 44.9 Å². The van der Waals surface area contributed by atoms with E-state index in [1.54, 1.807) is 0 Å². The molecule has 2 rings (SSSR count). The number of carbonyl (C=O) groups is 1. The molecule has 16 heavy (non-hydrogen) atoms. The molecule has 0 aromatic carbocycles. The van der Waals surface area contributed by atoms with Crippen LogP contribution in [0.3, 0.4) is 0 Å². The van der Waals surface area contributed by atoms with Gasteiger partial charge in [0.1, 0.15) is 0 Å². The van der Waals surface area contributed by atoms with E-state index in [1.807, 2.05) is 4.90 Å². The van der Waals surface area contributed by atoms with Crippen molar-refractivity contribution in [2.75, 3.05) is 13.1 Å². The third-order valence-electron chi connectivity index (χ3n) is 3.91. The average molecular weight is 247 g/mol. The minimum Gasteiger partial charge on any atom is -0.338 e. The zero-order valence-electron chi connectivity index (χ0n) is 9.86. The van der Waals surface area contributed by atoms with Crippen molar-refractivity contribution in [2.24, 2.45) is 11.7 Å². The van der Waals surface area contributed by atoms with Gasteiger partial charge in [-0.2, -0.15) is 0 Å². The molecule has 0 aromatic rings. The van der Waals surface area contributed by atoms with Crippen LogP contribution in [-0.2, 0) is 4.79 Å². The van der Waals surface area contributed by atoms with Crippen LogP contribution in [0, 0.1) is 5.92 Å². The Bertz CT molecular complexity index is 231. The maximum atomic E-state index is 12.0. The summed E-state index contributed by atoms with van der Waals surface area (Å²) in [5.41, 5.74) is 5.71. The van der Waals surface area contributed by atoms with E-state index in [-0.39, 0.29) is 12.4 Å². The van der Waals surface area contributed by atoms with Crippen LogP contribution in [0.15, 0.2) is 0 Å². The maximum Gasteiger partial charge on any atom is 0.223 e. The van der Waals surface area contributed by atoms with Gasteiger partial charge < -0.3 is 10.6 Å². The topological polar surface area (TPSA) is 46.3 Å². The molecule has 2 fully saturated rings. The van der Waals surface area contributed by atoms with Gasteiger partial charge in [0.25, 0.3) is 0 Å². The smallest absolute Gasteiger partial charge is 0.223 e. The second kappa shape index (κ2) is 6.45. The molecule has 1 atom stereocenters. The molecule has 0 spiro atoms. The van der Waals surface area contributed by atoms with Crippen molar-refractivity contribution in [1.29, 1.82) is 0 Å². The fourth-order valence-electron chi connectivity index (χ4n) is 2.64. The summed E-state index contributed by atoms with van der Waals surface area (Å²) in [6.45, 7) is 1.57. The first-order valence-electron chi connectivity index (χ1n) is 6.31. The van der Waals surface area contributed by atoms with Crippen molar-refractivity contribution in [3.8, 4) is 0 Å². The first-order valence-corrected chi connectivity index (χ1v) is 6.31. The molecule has 94 valence electrons. The quantitative estimate of drug-likeness (QED) is 0.827. The highest BCUT2D eigenvalue weighted by atomic mass is 35.5. The SMILES string of the molecule is Cl.NCC1CCCCN1C(=O)CC1CCC1. The second-order valence-corrected chi connectivity index (χ2v) is 4.97. The third kappa shape index (κ3) is 3.11. The fourth-order valence-corrected chi connectivity index (χ4v) is 2.64. The summed E-state index contributed by atoms with van der Waals surface area (Å²) >= 11 is 0. The number of carbonyl (C=O) groups excluding carboxylic acids is 1. The Morgan fingerprint density at radius 3 is 2.50 bits per heavy atom.